The van der Waals surface area contributed by atoms with Gasteiger partial charge in [0.2, 0.25) is 0 Å². The molecule has 1 N–H and O–H groups in total. The summed E-state index contributed by atoms with van der Waals surface area (Å²) < 4.78 is 11.3. The van der Waals surface area contributed by atoms with Crippen LogP contribution in [0.4, 0.5) is 5.69 Å². The molecule has 1 amide bonds. The van der Waals surface area contributed by atoms with Gasteiger partial charge in [-0.25, -0.2) is 0 Å². The van der Waals surface area contributed by atoms with E-state index >= 15 is 0 Å². The lowest BCUT2D eigenvalue weighted by Crippen LogP contribution is -2.13. The summed E-state index contributed by atoms with van der Waals surface area (Å²) in [4.78, 5) is 12.5. The Morgan fingerprint density at radius 2 is 1.86 bits per heavy atom. The van der Waals surface area contributed by atoms with E-state index < -0.39 is 5.91 Å². The van der Waals surface area contributed by atoms with Gasteiger partial charge < -0.3 is 14.8 Å². The molecular formula is C21H19Cl3N2O3. The van der Waals surface area contributed by atoms with Crippen LogP contribution in [0.2, 0.25) is 15.1 Å². The van der Waals surface area contributed by atoms with Gasteiger partial charge in [0.1, 0.15) is 11.6 Å². The molecule has 0 bridgehead atoms. The number of carbonyl (C=O) groups is 1. The predicted octanol–water partition coefficient (Wildman–Crippen LogP) is 6.38. The molecule has 0 unspecified atom stereocenters. The third-order valence-corrected chi connectivity index (χ3v) is 4.66. The van der Waals surface area contributed by atoms with Crippen molar-refractivity contribution in [2.45, 2.75) is 20.3 Å². The number of halogens is 3. The number of rotatable bonds is 8. The molecule has 0 spiro atoms. The molecule has 2 aromatic rings. The van der Waals surface area contributed by atoms with Gasteiger partial charge in [0.05, 0.1) is 28.3 Å². The first kappa shape index (κ1) is 22.9. The van der Waals surface area contributed by atoms with Crippen LogP contribution in [0.1, 0.15) is 25.8 Å². The van der Waals surface area contributed by atoms with E-state index in [-0.39, 0.29) is 5.57 Å². The van der Waals surface area contributed by atoms with Gasteiger partial charge in [0, 0.05) is 5.69 Å². The lowest BCUT2D eigenvalue weighted by molar-refractivity contribution is -0.112. The molecule has 0 aliphatic rings. The lowest BCUT2D eigenvalue weighted by Gasteiger charge is -2.14. The zero-order valence-corrected chi connectivity index (χ0v) is 18.2. The van der Waals surface area contributed by atoms with Gasteiger partial charge in [-0.3, -0.25) is 4.79 Å². The molecule has 2 aromatic carbocycles. The highest BCUT2D eigenvalue weighted by molar-refractivity contribution is 6.42. The fraction of sp³-hybridized carbons (Fsp3) is 0.238. The molecule has 0 aromatic heterocycles. The minimum atomic E-state index is -0.591. The van der Waals surface area contributed by atoms with Crippen molar-refractivity contribution in [3.05, 3.63) is 56.5 Å². The average Bonchev–Trinajstić information content (AvgIpc) is 2.68. The van der Waals surface area contributed by atoms with Crippen molar-refractivity contribution in [2.75, 3.05) is 18.5 Å². The van der Waals surface area contributed by atoms with E-state index in [2.05, 4.69) is 5.32 Å². The number of nitrogens with zero attached hydrogens (tertiary/aromatic N) is 1. The summed E-state index contributed by atoms with van der Waals surface area (Å²) in [5.74, 6) is 0.291. The molecule has 0 saturated heterocycles. The Balaban J connectivity index is 2.32. The second kappa shape index (κ2) is 11.0. The fourth-order valence-corrected chi connectivity index (χ4v) is 2.94. The number of hydrogen-bond donors (Lipinski definition) is 1. The molecule has 0 fully saturated rings. The van der Waals surface area contributed by atoms with Crippen molar-refractivity contribution in [2.24, 2.45) is 0 Å². The van der Waals surface area contributed by atoms with Crippen molar-refractivity contribution < 1.29 is 14.3 Å². The van der Waals surface area contributed by atoms with E-state index in [0.717, 1.165) is 6.42 Å². The molecule has 0 aliphatic heterocycles. The van der Waals surface area contributed by atoms with Gasteiger partial charge in [-0.15, -0.1) is 0 Å². The molecule has 8 heteroatoms. The Morgan fingerprint density at radius 1 is 1.10 bits per heavy atom. The second-order valence-corrected chi connectivity index (χ2v) is 7.09. The van der Waals surface area contributed by atoms with Crippen LogP contribution in [-0.2, 0) is 4.79 Å². The number of carbonyl (C=O) groups excluding carboxylic acids is 1. The maximum atomic E-state index is 12.5. The molecule has 0 radical (unpaired) electrons. The number of nitriles is 1. The Hall–Kier alpha value is -2.39. The number of hydrogen-bond acceptors (Lipinski definition) is 4. The summed E-state index contributed by atoms with van der Waals surface area (Å²) in [6.07, 6.45) is 2.24. The van der Waals surface area contributed by atoms with Gasteiger partial charge in [-0.05, 0) is 55.3 Å². The van der Waals surface area contributed by atoms with Crippen molar-refractivity contribution in [1.29, 1.82) is 5.26 Å². The van der Waals surface area contributed by atoms with Crippen molar-refractivity contribution in [3.8, 4) is 17.6 Å². The smallest absolute Gasteiger partial charge is 0.266 e. The van der Waals surface area contributed by atoms with Crippen LogP contribution >= 0.6 is 34.8 Å². The van der Waals surface area contributed by atoms with Crippen LogP contribution in [0.25, 0.3) is 6.08 Å². The Labute approximate surface area is 184 Å². The summed E-state index contributed by atoms with van der Waals surface area (Å²) in [6.45, 7) is 4.72. The first-order chi connectivity index (χ1) is 13.9. The Bertz CT molecular complexity index is 968. The van der Waals surface area contributed by atoms with Gasteiger partial charge in [0.15, 0.2) is 11.5 Å². The molecular weight excluding hydrogens is 435 g/mol. The SMILES string of the molecule is CCCOc1c(Cl)cc(/C=C(\C#N)C(=O)Nc2ccc(Cl)c(Cl)c2)cc1OCC. The van der Waals surface area contributed by atoms with Gasteiger partial charge in [0.25, 0.3) is 5.91 Å². The third-order valence-electron chi connectivity index (χ3n) is 3.64. The topological polar surface area (TPSA) is 71.3 Å². The molecule has 0 atom stereocenters. The van der Waals surface area contributed by atoms with E-state index in [0.29, 0.717) is 51.0 Å². The van der Waals surface area contributed by atoms with Crippen molar-refractivity contribution >= 4 is 52.5 Å². The molecule has 29 heavy (non-hydrogen) atoms. The predicted molar refractivity (Wildman–Crippen MR) is 117 cm³/mol. The van der Waals surface area contributed by atoms with Crippen LogP contribution in [0.3, 0.4) is 0 Å². The molecule has 5 nitrogen and oxygen atoms in total. The van der Waals surface area contributed by atoms with Crippen LogP contribution in [-0.4, -0.2) is 19.1 Å². The van der Waals surface area contributed by atoms with Crippen molar-refractivity contribution in [1.82, 2.24) is 0 Å². The van der Waals surface area contributed by atoms with E-state index in [4.69, 9.17) is 44.3 Å². The highest BCUT2D eigenvalue weighted by Crippen LogP contribution is 2.37. The standard InChI is InChI=1S/C21H19Cl3N2O3/c1-3-7-29-20-18(24)9-13(10-19(20)28-4-2)8-14(12-25)21(27)26-15-5-6-16(22)17(23)11-15/h5-6,8-11H,3-4,7H2,1-2H3,(H,26,27)/b14-8+. The summed E-state index contributed by atoms with van der Waals surface area (Å²) in [7, 11) is 0. The van der Waals surface area contributed by atoms with E-state index in [1.54, 1.807) is 24.3 Å². The summed E-state index contributed by atoms with van der Waals surface area (Å²) in [5.41, 5.74) is 0.835. The molecule has 152 valence electrons. The maximum absolute atomic E-state index is 12.5. The lowest BCUT2D eigenvalue weighted by atomic mass is 10.1. The monoisotopic (exact) mass is 452 g/mol. The molecule has 0 heterocycles. The molecule has 2 rings (SSSR count). The van der Waals surface area contributed by atoms with Crippen molar-refractivity contribution in [3.63, 3.8) is 0 Å². The Kier molecular flexibility index (Phi) is 8.66. The second-order valence-electron chi connectivity index (χ2n) is 5.86. The number of nitrogens with one attached hydrogen (secondary N) is 1. The summed E-state index contributed by atoms with van der Waals surface area (Å²) in [6, 6.07) is 9.82. The number of benzene rings is 2. The molecule has 0 aliphatic carbocycles. The quantitative estimate of drug-likeness (QED) is 0.372. The number of anilines is 1. The minimum absolute atomic E-state index is 0.114. The third kappa shape index (κ3) is 6.30. The minimum Gasteiger partial charge on any atom is -0.490 e. The zero-order valence-electron chi connectivity index (χ0n) is 15.9. The van der Waals surface area contributed by atoms with Gasteiger partial charge in [-0.2, -0.15) is 5.26 Å². The van der Waals surface area contributed by atoms with Crippen LogP contribution in [0.5, 0.6) is 11.5 Å². The van der Waals surface area contributed by atoms with E-state index in [1.165, 1.54) is 12.1 Å². The van der Waals surface area contributed by atoms with E-state index in [9.17, 15) is 10.1 Å². The normalized spacial score (nSPS) is 11.0. The number of amides is 1. The Morgan fingerprint density at radius 3 is 2.48 bits per heavy atom. The molecule has 0 saturated carbocycles. The van der Waals surface area contributed by atoms with Crippen LogP contribution in [0.15, 0.2) is 35.9 Å². The zero-order chi connectivity index (χ0) is 21.4. The summed E-state index contributed by atoms with van der Waals surface area (Å²) >= 11 is 18.2. The van der Waals surface area contributed by atoms with Gasteiger partial charge >= 0.3 is 0 Å². The van der Waals surface area contributed by atoms with Crippen LogP contribution in [0, 0.1) is 11.3 Å². The highest BCUT2D eigenvalue weighted by Gasteiger charge is 2.15. The highest BCUT2D eigenvalue weighted by atomic mass is 35.5. The number of ether oxygens (including phenoxy) is 2. The first-order valence-electron chi connectivity index (χ1n) is 8.86. The summed E-state index contributed by atoms with van der Waals surface area (Å²) in [5, 5.41) is 13.0. The first-order valence-corrected chi connectivity index (χ1v) is 10.00. The van der Waals surface area contributed by atoms with Crippen LogP contribution < -0.4 is 14.8 Å². The fourth-order valence-electron chi connectivity index (χ4n) is 2.37. The van der Waals surface area contributed by atoms with E-state index in [1.807, 2.05) is 19.9 Å². The van der Waals surface area contributed by atoms with Gasteiger partial charge in [-0.1, -0.05) is 41.7 Å². The maximum Gasteiger partial charge on any atom is 0.266 e. The largest absolute Gasteiger partial charge is 0.490 e. The average molecular weight is 454 g/mol.